The van der Waals surface area contributed by atoms with E-state index in [1.807, 2.05) is 0 Å². The quantitative estimate of drug-likeness (QED) is 0.861. The van der Waals surface area contributed by atoms with Crippen LogP contribution in [0.1, 0.15) is 29.6 Å². The minimum absolute atomic E-state index is 0.0176. The van der Waals surface area contributed by atoms with E-state index in [4.69, 9.17) is 4.74 Å². The Kier molecular flexibility index (Phi) is 4.39. The Labute approximate surface area is 136 Å². The number of nitrogens with one attached hydrogen (secondary N) is 1. The molecule has 0 aromatic carbocycles. The maximum atomic E-state index is 12.2. The largest absolute Gasteiger partial charge is 0.373 e. The monoisotopic (exact) mass is 339 g/mol. The molecule has 126 valence electrons. The smallest absolute Gasteiger partial charge is 0.253 e. The van der Waals surface area contributed by atoms with Gasteiger partial charge in [-0.25, -0.2) is 8.42 Å². The van der Waals surface area contributed by atoms with Gasteiger partial charge in [-0.2, -0.15) is 4.31 Å². The number of pyridine rings is 1. The Morgan fingerprint density at radius 1 is 1.52 bits per heavy atom. The van der Waals surface area contributed by atoms with E-state index in [9.17, 15) is 13.2 Å². The van der Waals surface area contributed by atoms with Crippen molar-refractivity contribution in [3.8, 4) is 0 Å². The molecule has 2 aliphatic heterocycles. The summed E-state index contributed by atoms with van der Waals surface area (Å²) in [6.45, 7) is 1.36. The average molecular weight is 339 g/mol. The number of nitrogens with zero attached hydrogens (tertiary/aromatic N) is 2. The number of ether oxygens (including phenoxy) is 1. The number of carbonyl (C=O) groups excluding carboxylic acids is 1. The molecule has 3 rings (SSSR count). The van der Waals surface area contributed by atoms with Gasteiger partial charge in [-0.15, -0.1) is 0 Å². The van der Waals surface area contributed by atoms with E-state index in [2.05, 4.69) is 10.3 Å². The second-order valence-corrected chi connectivity index (χ2v) is 8.27. The van der Waals surface area contributed by atoms with Crippen LogP contribution in [0.15, 0.2) is 24.5 Å². The number of aromatic nitrogens is 1. The van der Waals surface area contributed by atoms with Crippen LogP contribution in [-0.2, 0) is 14.8 Å². The van der Waals surface area contributed by atoms with Gasteiger partial charge in [0.2, 0.25) is 10.0 Å². The van der Waals surface area contributed by atoms with Crippen molar-refractivity contribution in [3.63, 3.8) is 0 Å². The molecule has 2 atom stereocenters. The lowest BCUT2D eigenvalue weighted by Crippen LogP contribution is -2.50. The fourth-order valence-electron chi connectivity index (χ4n) is 3.29. The summed E-state index contributed by atoms with van der Waals surface area (Å²) < 4.78 is 30.8. The molecule has 0 unspecified atom stereocenters. The van der Waals surface area contributed by atoms with Gasteiger partial charge in [-0.05, 0) is 31.4 Å². The lowest BCUT2D eigenvalue weighted by Gasteiger charge is -2.38. The molecule has 0 bridgehead atoms. The van der Waals surface area contributed by atoms with Gasteiger partial charge >= 0.3 is 0 Å². The first-order valence-corrected chi connectivity index (χ1v) is 9.53. The van der Waals surface area contributed by atoms with Gasteiger partial charge in [0.25, 0.3) is 5.91 Å². The average Bonchev–Trinajstić information content (AvgIpc) is 2.92. The predicted octanol–water partition coefficient (Wildman–Crippen LogP) is 0.395. The predicted molar refractivity (Wildman–Crippen MR) is 84.4 cm³/mol. The number of sulfonamides is 1. The zero-order chi connectivity index (χ0) is 16.5. The van der Waals surface area contributed by atoms with Crippen LogP contribution in [-0.4, -0.2) is 61.2 Å². The highest BCUT2D eigenvalue weighted by atomic mass is 32.2. The molecule has 0 radical (unpaired) electrons. The standard InChI is InChI=1S/C15H21N3O4S/c1-23(20,21)18-7-5-15(11-18)9-13(4-8-22-15)17-14(19)12-3-2-6-16-10-12/h2-3,6,10,13H,4-5,7-9,11H2,1H3,(H,17,19)/t13-,15+/m0/s1. The fourth-order valence-corrected chi connectivity index (χ4v) is 4.18. The third-order valence-corrected chi connectivity index (χ3v) is 5.75. The first-order chi connectivity index (χ1) is 10.9. The van der Waals surface area contributed by atoms with Gasteiger partial charge in [0.1, 0.15) is 0 Å². The van der Waals surface area contributed by atoms with Crippen molar-refractivity contribution in [3.05, 3.63) is 30.1 Å². The third-order valence-electron chi connectivity index (χ3n) is 4.50. The molecular formula is C15H21N3O4S. The number of hydrogen-bond acceptors (Lipinski definition) is 5. The second kappa shape index (κ2) is 6.18. The van der Waals surface area contributed by atoms with Crippen LogP contribution in [0, 0.1) is 0 Å². The maximum absolute atomic E-state index is 12.2. The summed E-state index contributed by atoms with van der Waals surface area (Å²) in [5, 5.41) is 3.01. The van der Waals surface area contributed by atoms with Crippen molar-refractivity contribution in [2.75, 3.05) is 26.0 Å². The minimum Gasteiger partial charge on any atom is -0.373 e. The zero-order valence-corrected chi connectivity index (χ0v) is 13.9. The van der Waals surface area contributed by atoms with Crippen LogP contribution in [0.25, 0.3) is 0 Å². The van der Waals surface area contributed by atoms with Crippen LogP contribution in [0.3, 0.4) is 0 Å². The summed E-state index contributed by atoms with van der Waals surface area (Å²) in [6.07, 6.45) is 6.40. The number of amides is 1. The van der Waals surface area contributed by atoms with Crippen molar-refractivity contribution in [1.29, 1.82) is 0 Å². The SMILES string of the molecule is CS(=O)(=O)N1CC[C@@]2(C[C@@H](NC(=O)c3cccnc3)CCO2)C1. The molecule has 2 fully saturated rings. The van der Waals surface area contributed by atoms with Gasteiger partial charge in [-0.3, -0.25) is 9.78 Å². The number of hydrogen-bond donors (Lipinski definition) is 1. The van der Waals surface area contributed by atoms with E-state index >= 15 is 0 Å². The van der Waals surface area contributed by atoms with E-state index in [0.717, 1.165) is 6.42 Å². The molecule has 23 heavy (non-hydrogen) atoms. The van der Waals surface area contributed by atoms with Crippen molar-refractivity contribution in [2.24, 2.45) is 0 Å². The van der Waals surface area contributed by atoms with Gasteiger partial charge in [0.05, 0.1) is 17.4 Å². The topological polar surface area (TPSA) is 88.6 Å². The molecular weight excluding hydrogens is 318 g/mol. The van der Waals surface area contributed by atoms with Crippen molar-refractivity contribution < 1.29 is 17.9 Å². The van der Waals surface area contributed by atoms with Crippen LogP contribution in [0.2, 0.25) is 0 Å². The van der Waals surface area contributed by atoms with E-state index in [1.54, 1.807) is 18.3 Å². The normalized spacial score (nSPS) is 28.8. The number of rotatable bonds is 3. The highest BCUT2D eigenvalue weighted by Gasteiger charge is 2.45. The van der Waals surface area contributed by atoms with Gasteiger partial charge < -0.3 is 10.1 Å². The Hall–Kier alpha value is -1.51. The van der Waals surface area contributed by atoms with E-state index in [0.29, 0.717) is 38.1 Å². The molecule has 1 aromatic heterocycles. The maximum Gasteiger partial charge on any atom is 0.253 e. The molecule has 3 heterocycles. The van der Waals surface area contributed by atoms with E-state index in [1.165, 1.54) is 16.8 Å². The molecule has 7 nitrogen and oxygen atoms in total. The Bertz CT molecular complexity index is 679. The second-order valence-electron chi connectivity index (χ2n) is 6.28. The van der Waals surface area contributed by atoms with Crippen LogP contribution >= 0.6 is 0 Å². The molecule has 1 amide bonds. The minimum atomic E-state index is -3.20. The summed E-state index contributed by atoms with van der Waals surface area (Å²) in [4.78, 5) is 16.2. The molecule has 1 spiro atoms. The summed E-state index contributed by atoms with van der Waals surface area (Å²) in [5.74, 6) is -0.155. The van der Waals surface area contributed by atoms with Gasteiger partial charge in [-0.1, -0.05) is 0 Å². The Balaban J connectivity index is 1.64. The Morgan fingerprint density at radius 2 is 2.35 bits per heavy atom. The first-order valence-electron chi connectivity index (χ1n) is 7.68. The first kappa shape index (κ1) is 16.4. The summed E-state index contributed by atoms with van der Waals surface area (Å²) in [5.41, 5.74) is 0.0472. The fraction of sp³-hybridized carbons (Fsp3) is 0.600. The zero-order valence-electron chi connectivity index (χ0n) is 13.1. The van der Waals surface area contributed by atoms with Gasteiger partial charge in [0, 0.05) is 38.1 Å². The molecule has 2 aliphatic rings. The third kappa shape index (κ3) is 3.70. The van der Waals surface area contributed by atoms with E-state index < -0.39 is 15.6 Å². The highest BCUT2D eigenvalue weighted by molar-refractivity contribution is 7.88. The van der Waals surface area contributed by atoms with Crippen molar-refractivity contribution >= 4 is 15.9 Å². The summed E-state index contributed by atoms with van der Waals surface area (Å²) in [7, 11) is -3.20. The highest BCUT2D eigenvalue weighted by Crippen LogP contribution is 2.35. The number of carbonyl (C=O) groups is 1. The Morgan fingerprint density at radius 3 is 3.00 bits per heavy atom. The molecule has 0 aliphatic carbocycles. The molecule has 8 heteroatoms. The lowest BCUT2D eigenvalue weighted by molar-refractivity contribution is -0.0761. The summed E-state index contributed by atoms with van der Waals surface area (Å²) in [6, 6.07) is 3.43. The van der Waals surface area contributed by atoms with Crippen molar-refractivity contribution in [2.45, 2.75) is 30.9 Å². The van der Waals surface area contributed by atoms with Crippen LogP contribution in [0.4, 0.5) is 0 Å². The molecule has 0 saturated carbocycles. The van der Waals surface area contributed by atoms with E-state index in [-0.39, 0.29) is 11.9 Å². The van der Waals surface area contributed by atoms with Crippen molar-refractivity contribution in [1.82, 2.24) is 14.6 Å². The molecule has 1 aromatic rings. The van der Waals surface area contributed by atoms with Crippen LogP contribution in [0.5, 0.6) is 0 Å². The molecule has 2 saturated heterocycles. The van der Waals surface area contributed by atoms with Crippen LogP contribution < -0.4 is 5.32 Å². The summed E-state index contributed by atoms with van der Waals surface area (Å²) >= 11 is 0. The lowest BCUT2D eigenvalue weighted by atomic mass is 9.89. The molecule has 1 N–H and O–H groups in total. The van der Waals surface area contributed by atoms with Gasteiger partial charge in [0.15, 0.2) is 0 Å².